The quantitative estimate of drug-likeness (QED) is 0.688. The number of allylic oxidation sites excluding steroid dienone is 1. The Balaban J connectivity index is 1.97. The first-order chi connectivity index (χ1) is 5.86. The predicted octanol–water partition coefficient (Wildman–Crippen LogP) is 1.53. The van der Waals surface area contributed by atoms with Crippen LogP contribution in [0.4, 0.5) is 0 Å². The van der Waals surface area contributed by atoms with Crippen LogP contribution < -0.4 is 5.32 Å². The first-order valence-corrected chi connectivity index (χ1v) is 4.84. The van der Waals surface area contributed by atoms with Crippen molar-refractivity contribution in [1.29, 1.82) is 0 Å². The van der Waals surface area contributed by atoms with Crippen molar-refractivity contribution in [1.82, 2.24) is 5.32 Å². The van der Waals surface area contributed by atoms with E-state index in [9.17, 15) is 0 Å². The minimum Gasteiger partial charge on any atom is -0.501 e. The molecule has 0 saturated heterocycles. The highest BCUT2D eigenvalue weighted by molar-refractivity contribution is 5.18. The van der Waals surface area contributed by atoms with E-state index in [1.807, 2.05) is 0 Å². The summed E-state index contributed by atoms with van der Waals surface area (Å²) in [6.45, 7) is 3.26. The Hall–Kier alpha value is -0.500. The van der Waals surface area contributed by atoms with Gasteiger partial charge in [0.05, 0.1) is 12.9 Å². The third-order valence-electron chi connectivity index (χ3n) is 3.00. The molecule has 0 heterocycles. The Kier molecular flexibility index (Phi) is 2.09. The molecule has 2 aliphatic carbocycles. The van der Waals surface area contributed by atoms with Crippen LogP contribution in [-0.4, -0.2) is 19.7 Å². The molecule has 0 bridgehead atoms. The molecule has 0 amide bonds. The molecule has 0 aliphatic heterocycles. The van der Waals surface area contributed by atoms with E-state index in [-0.39, 0.29) is 0 Å². The Labute approximate surface area is 74.0 Å². The molecule has 1 N–H and O–H groups in total. The van der Waals surface area contributed by atoms with Crippen LogP contribution in [0.25, 0.3) is 0 Å². The summed E-state index contributed by atoms with van der Waals surface area (Å²) in [6.07, 6.45) is 4.73. The molecule has 3 atom stereocenters. The van der Waals surface area contributed by atoms with Gasteiger partial charge in [0.25, 0.3) is 0 Å². The summed E-state index contributed by atoms with van der Waals surface area (Å²) in [5, 5.41) is 3.52. The fraction of sp³-hybridized carbons (Fsp3) is 0.800. The monoisotopic (exact) mass is 167 g/mol. The van der Waals surface area contributed by atoms with Gasteiger partial charge in [0.1, 0.15) is 0 Å². The molecule has 0 spiro atoms. The van der Waals surface area contributed by atoms with Gasteiger partial charge in [-0.15, -0.1) is 0 Å². The molecular weight excluding hydrogens is 150 g/mol. The SMILES string of the molecule is CCNC1CC=C(OC)C2CC12. The lowest BCUT2D eigenvalue weighted by atomic mass is 10.0. The summed E-state index contributed by atoms with van der Waals surface area (Å²) in [5.41, 5.74) is 0. The van der Waals surface area contributed by atoms with Gasteiger partial charge in [-0.3, -0.25) is 0 Å². The van der Waals surface area contributed by atoms with Crippen LogP contribution >= 0.6 is 0 Å². The van der Waals surface area contributed by atoms with E-state index in [0.717, 1.165) is 30.8 Å². The number of methoxy groups -OCH3 is 1. The Morgan fingerprint density at radius 1 is 1.67 bits per heavy atom. The van der Waals surface area contributed by atoms with Crippen LogP contribution in [0.5, 0.6) is 0 Å². The summed E-state index contributed by atoms with van der Waals surface area (Å²) in [4.78, 5) is 0. The Morgan fingerprint density at radius 3 is 3.17 bits per heavy atom. The average Bonchev–Trinajstić information content (AvgIpc) is 2.85. The molecule has 2 aliphatic rings. The summed E-state index contributed by atoms with van der Waals surface area (Å²) in [6, 6.07) is 0.721. The molecule has 0 aromatic rings. The Bertz CT molecular complexity index is 200. The molecule has 3 unspecified atom stereocenters. The third-order valence-corrected chi connectivity index (χ3v) is 3.00. The van der Waals surface area contributed by atoms with Gasteiger partial charge in [0.15, 0.2) is 0 Å². The van der Waals surface area contributed by atoms with Gasteiger partial charge in [0, 0.05) is 12.0 Å². The van der Waals surface area contributed by atoms with E-state index in [2.05, 4.69) is 18.3 Å². The average molecular weight is 167 g/mol. The van der Waals surface area contributed by atoms with Crippen molar-refractivity contribution in [2.75, 3.05) is 13.7 Å². The van der Waals surface area contributed by atoms with Crippen molar-refractivity contribution < 1.29 is 4.74 Å². The second-order valence-electron chi connectivity index (χ2n) is 3.72. The lowest BCUT2D eigenvalue weighted by molar-refractivity contribution is 0.250. The smallest absolute Gasteiger partial charge is 0.0950 e. The van der Waals surface area contributed by atoms with Crippen molar-refractivity contribution in [3.63, 3.8) is 0 Å². The van der Waals surface area contributed by atoms with E-state index in [0.29, 0.717) is 0 Å². The topological polar surface area (TPSA) is 21.3 Å². The molecule has 1 fully saturated rings. The van der Waals surface area contributed by atoms with Crippen molar-refractivity contribution >= 4 is 0 Å². The molecule has 1 saturated carbocycles. The second kappa shape index (κ2) is 3.09. The van der Waals surface area contributed by atoms with E-state index in [4.69, 9.17) is 4.74 Å². The number of hydrogen-bond acceptors (Lipinski definition) is 2. The van der Waals surface area contributed by atoms with E-state index in [1.54, 1.807) is 7.11 Å². The first kappa shape index (κ1) is 8.11. The number of nitrogens with one attached hydrogen (secondary N) is 1. The zero-order valence-electron chi connectivity index (χ0n) is 7.84. The van der Waals surface area contributed by atoms with E-state index >= 15 is 0 Å². The second-order valence-corrected chi connectivity index (χ2v) is 3.72. The van der Waals surface area contributed by atoms with Crippen LogP contribution in [0.15, 0.2) is 11.8 Å². The number of ether oxygens (including phenoxy) is 1. The molecular formula is C10H17NO. The highest BCUT2D eigenvalue weighted by Crippen LogP contribution is 2.50. The number of hydrogen-bond donors (Lipinski definition) is 1. The number of fused-ring (bicyclic) bond motifs is 1. The molecule has 68 valence electrons. The summed E-state index contributed by atoms with van der Waals surface area (Å²) < 4.78 is 5.30. The molecule has 12 heavy (non-hydrogen) atoms. The minimum atomic E-state index is 0.721. The van der Waals surface area contributed by atoms with Gasteiger partial charge in [-0.2, -0.15) is 0 Å². The predicted molar refractivity (Wildman–Crippen MR) is 48.8 cm³/mol. The molecule has 2 rings (SSSR count). The van der Waals surface area contributed by atoms with E-state index < -0.39 is 0 Å². The lowest BCUT2D eigenvalue weighted by Gasteiger charge is -2.21. The molecule has 0 aromatic carbocycles. The first-order valence-electron chi connectivity index (χ1n) is 4.84. The van der Waals surface area contributed by atoms with Crippen molar-refractivity contribution in [2.45, 2.75) is 25.8 Å². The zero-order chi connectivity index (χ0) is 8.55. The molecule has 0 aromatic heterocycles. The van der Waals surface area contributed by atoms with Gasteiger partial charge in [0.2, 0.25) is 0 Å². The standard InChI is InChI=1S/C10H17NO/c1-3-11-9-4-5-10(12-2)8-6-7(8)9/h5,7-9,11H,3-4,6H2,1-2H3. The van der Waals surface area contributed by atoms with Crippen LogP contribution in [-0.2, 0) is 4.74 Å². The molecule has 2 nitrogen and oxygen atoms in total. The fourth-order valence-electron chi connectivity index (χ4n) is 2.29. The number of rotatable bonds is 3. The van der Waals surface area contributed by atoms with Gasteiger partial charge < -0.3 is 10.1 Å². The van der Waals surface area contributed by atoms with Crippen molar-refractivity contribution in [3.05, 3.63) is 11.8 Å². The van der Waals surface area contributed by atoms with Gasteiger partial charge >= 0.3 is 0 Å². The summed E-state index contributed by atoms with van der Waals surface area (Å²) in [7, 11) is 1.79. The summed E-state index contributed by atoms with van der Waals surface area (Å²) >= 11 is 0. The maximum Gasteiger partial charge on any atom is 0.0950 e. The van der Waals surface area contributed by atoms with E-state index in [1.165, 1.54) is 12.2 Å². The largest absolute Gasteiger partial charge is 0.501 e. The molecule has 0 radical (unpaired) electrons. The third kappa shape index (κ3) is 1.24. The molecule has 2 heteroatoms. The van der Waals surface area contributed by atoms with Gasteiger partial charge in [-0.1, -0.05) is 6.92 Å². The van der Waals surface area contributed by atoms with Crippen LogP contribution in [0.2, 0.25) is 0 Å². The maximum absolute atomic E-state index is 5.30. The highest BCUT2D eigenvalue weighted by Gasteiger charge is 2.47. The van der Waals surface area contributed by atoms with Crippen molar-refractivity contribution in [3.8, 4) is 0 Å². The Morgan fingerprint density at radius 2 is 2.50 bits per heavy atom. The minimum absolute atomic E-state index is 0.721. The van der Waals surface area contributed by atoms with Crippen LogP contribution in [0.3, 0.4) is 0 Å². The maximum atomic E-state index is 5.30. The van der Waals surface area contributed by atoms with Gasteiger partial charge in [-0.05, 0) is 31.4 Å². The lowest BCUT2D eigenvalue weighted by Crippen LogP contribution is -2.32. The fourth-order valence-corrected chi connectivity index (χ4v) is 2.29. The van der Waals surface area contributed by atoms with Crippen LogP contribution in [0, 0.1) is 11.8 Å². The van der Waals surface area contributed by atoms with Crippen molar-refractivity contribution in [2.24, 2.45) is 11.8 Å². The van der Waals surface area contributed by atoms with Gasteiger partial charge in [-0.25, -0.2) is 0 Å². The zero-order valence-corrected chi connectivity index (χ0v) is 7.84. The highest BCUT2D eigenvalue weighted by atomic mass is 16.5. The van der Waals surface area contributed by atoms with Crippen LogP contribution in [0.1, 0.15) is 19.8 Å². The normalized spacial score (nSPS) is 38.5. The summed E-state index contributed by atoms with van der Waals surface area (Å²) in [5.74, 6) is 2.84.